The predicted molar refractivity (Wildman–Crippen MR) is 92.6 cm³/mol. The number of halogens is 2. The lowest BCUT2D eigenvalue weighted by Gasteiger charge is -2.09. The van der Waals surface area contributed by atoms with Gasteiger partial charge in [-0.3, -0.25) is 4.79 Å². The van der Waals surface area contributed by atoms with Gasteiger partial charge in [-0.15, -0.1) is 0 Å². The highest BCUT2D eigenvalue weighted by atomic mass is 35.5. The van der Waals surface area contributed by atoms with Crippen molar-refractivity contribution in [2.24, 2.45) is 0 Å². The van der Waals surface area contributed by atoms with Crippen molar-refractivity contribution in [3.8, 4) is 11.1 Å². The van der Waals surface area contributed by atoms with Crippen LogP contribution in [0.4, 0.5) is 0 Å². The molecule has 0 amide bonds. The molecule has 116 valence electrons. The largest absolute Gasteiger partial charge is 0.425 e. The maximum atomic E-state index is 12.1. The second kappa shape index (κ2) is 6.49. The molecule has 0 radical (unpaired) electrons. The second-order valence-electron chi connectivity index (χ2n) is 5.20. The fourth-order valence-electron chi connectivity index (χ4n) is 2.40. The molecule has 0 bridgehead atoms. The lowest BCUT2D eigenvalue weighted by atomic mass is 10.0. The zero-order valence-electron chi connectivity index (χ0n) is 12.0. The maximum absolute atomic E-state index is 12.1. The van der Waals surface area contributed by atoms with Gasteiger partial charge in [0.1, 0.15) is 0 Å². The first-order chi connectivity index (χ1) is 11.0. The highest BCUT2D eigenvalue weighted by Crippen LogP contribution is 2.28. The van der Waals surface area contributed by atoms with Crippen molar-refractivity contribution >= 4 is 23.2 Å². The fraction of sp³-hybridized carbons (Fsp3) is 0.0556. The van der Waals surface area contributed by atoms with Gasteiger partial charge < -0.3 is 5.21 Å². The van der Waals surface area contributed by atoms with E-state index in [9.17, 15) is 10.0 Å². The standard InChI is InChI=1S/C18H13Cl2NO2/c19-16-7-6-13(10-17(16)20)15-9-14(18(22)21(23)11-15)8-12-4-2-1-3-5-12/h1-7,9-11,23H,8H2. The number of nitrogens with zero attached hydrogens (tertiary/aromatic N) is 1. The summed E-state index contributed by atoms with van der Waals surface area (Å²) in [5.41, 5.74) is 2.53. The molecule has 3 rings (SSSR count). The summed E-state index contributed by atoms with van der Waals surface area (Å²) in [6.07, 6.45) is 1.81. The van der Waals surface area contributed by atoms with Crippen LogP contribution in [0.1, 0.15) is 11.1 Å². The minimum Gasteiger partial charge on any atom is -0.425 e. The van der Waals surface area contributed by atoms with E-state index in [0.717, 1.165) is 11.1 Å². The van der Waals surface area contributed by atoms with Crippen molar-refractivity contribution in [3.63, 3.8) is 0 Å². The third-order valence-corrected chi connectivity index (χ3v) is 4.30. The summed E-state index contributed by atoms with van der Waals surface area (Å²) >= 11 is 12.0. The van der Waals surface area contributed by atoms with E-state index in [1.807, 2.05) is 30.3 Å². The molecular formula is C18H13Cl2NO2. The summed E-state index contributed by atoms with van der Waals surface area (Å²) in [5.74, 6) is 0. The average Bonchev–Trinajstić information content (AvgIpc) is 2.55. The van der Waals surface area contributed by atoms with Gasteiger partial charge in [-0.25, -0.2) is 0 Å². The van der Waals surface area contributed by atoms with Crippen molar-refractivity contribution in [1.29, 1.82) is 0 Å². The van der Waals surface area contributed by atoms with Crippen LogP contribution < -0.4 is 5.56 Å². The minimum absolute atomic E-state index is 0.421. The lowest BCUT2D eigenvalue weighted by Crippen LogP contribution is -2.21. The third kappa shape index (κ3) is 3.41. The van der Waals surface area contributed by atoms with Crippen molar-refractivity contribution in [2.75, 3.05) is 0 Å². The molecule has 0 aliphatic carbocycles. The van der Waals surface area contributed by atoms with E-state index in [4.69, 9.17) is 23.2 Å². The molecule has 3 aromatic rings. The number of pyridine rings is 1. The lowest BCUT2D eigenvalue weighted by molar-refractivity contribution is 0.174. The summed E-state index contributed by atoms with van der Waals surface area (Å²) in [4.78, 5) is 12.1. The van der Waals surface area contributed by atoms with Gasteiger partial charge in [0, 0.05) is 17.5 Å². The molecule has 5 heteroatoms. The highest BCUT2D eigenvalue weighted by molar-refractivity contribution is 6.42. The minimum atomic E-state index is -0.433. The first-order valence-electron chi connectivity index (χ1n) is 6.99. The van der Waals surface area contributed by atoms with Crippen LogP contribution in [0.5, 0.6) is 0 Å². The Hall–Kier alpha value is -2.23. The molecule has 0 aliphatic heterocycles. The zero-order valence-corrected chi connectivity index (χ0v) is 13.6. The van der Waals surface area contributed by atoms with Gasteiger partial charge in [0.25, 0.3) is 5.56 Å². The van der Waals surface area contributed by atoms with Gasteiger partial charge in [-0.2, -0.15) is 4.73 Å². The van der Waals surface area contributed by atoms with Gasteiger partial charge in [0.15, 0.2) is 0 Å². The van der Waals surface area contributed by atoms with E-state index < -0.39 is 5.56 Å². The van der Waals surface area contributed by atoms with Crippen LogP contribution in [0.2, 0.25) is 10.0 Å². The predicted octanol–water partition coefficient (Wildman–Crippen LogP) is 4.65. The Bertz CT molecular complexity index is 905. The Balaban J connectivity index is 2.06. The fourth-order valence-corrected chi connectivity index (χ4v) is 2.70. The van der Waals surface area contributed by atoms with Gasteiger partial charge in [-0.1, -0.05) is 59.6 Å². The Kier molecular flexibility index (Phi) is 4.42. The van der Waals surface area contributed by atoms with E-state index in [-0.39, 0.29) is 0 Å². The van der Waals surface area contributed by atoms with E-state index in [1.165, 1.54) is 6.20 Å². The molecule has 0 atom stereocenters. The molecule has 3 nitrogen and oxygen atoms in total. The maximum Gasteiger partial charge on any atom is 0.286 e. The summed E-state index contributed by atoms with van der Waals surface area (Å²) < 4.78 is 0.607. The van der Waals surface area contributed by atoms with Gasteiger partial charge in [0.05, 0.1) is 16.2 Å². The number of rotatable bonds is 3. The SMILES string of the molecule is O=c1c(Cc2ccccc2)cc(-c2ccc(Cl)c(Cl)c2)cn1O. The van der Waals surface area contributed by atoms with Crippen molar-refractivity contribution in [1.82, 2.24) is 4.73 Å². The van der Waals surface area contributed by atoms with Gasteiger partial charge in [-0.05, 0) is 29.3 Å². The summed E-state index contributed by atoms with van der Waals surface area (Å²) in [7, 11) is 0. The van der Waals surface area contributed by atoms with Gasteiger partial charge >= 0.3 is 0 Å². The molecule has 0 spiro atoms. The number of benzene rings is 2. The molecule has 0 fully saturated rings. The molecule has 0 aliphatic rings. The zero-order chi connectivity index (χ0) is 16.4. The Morgan fingerprint density at radius 3 is 2.35 bits per heavy atom. The van der Waals surface area contributed by atoms with Crippen molar-refractivity contribution in [3.05, 3.63) is 92.3 Å². The third-order valence-electron chi connectivity index (χ3n) is 3.56. The molecule has 1 heterocycles. The summed E-state index contributed by atoms with van der Waals surface area (Å²) in [6.45, 7) is 0. The molecule has 2 aromatic carbocycles. The van der Waals surface area contributed by atoms with Crippen LogP contribution in [-0.4, -0.2) is 9.94 Å². The van der Waals surface area contributed by atoms with Crippen LogP contribution in [0.3, 0.4) is 0 Å². The van der Waals surface area contributed by atoms with Crippen LogP contribution in [0, 0.1) is 0 Å². The topological polar surface area (TPSA) is 42.2 Å². The molecular weight excluding hydrogens is 333 g/mol. The van der Waals surface area contributed by atoms with E-state index >= 15 is 0 Å². The van der Waals surface area contributed by atoms with Crippen LogP contribution in [0.15, 0.2) is 65.6 Å². The molecule has 1 N–H and O–H groups in total. The number of hydrogen-bond donors (Lipinski definition) is 1. The Labute approximate surface area is 143 Å². The summed E-state index contributed by atoms with van der Waals surface area (Å²) in [6, 6.07) is 16.6. The van der Waals surface area contributed by atoms with Crippen molar-refractivity contribution < 1.29 is 5.21 Å². The Morgan fingerprint density at radius 2 is 1.65 bits per heavy atom. The molecule has 0 saturated carbocycles. The normalized spacial score (nSPS) is 10.7. The monoisotopic (exact) mass is 345 g/mol. The molecule has 0 saturated heterocycles. The van der Waals surface area contributed by atoms with Crippen LogP contribution >= 0.6 is 23.2 Å². The number of hydrogen-bond acceptors (Lipinski definition) is 2. The quantitative estimate of drug-likeness (QED) is 0.702. The average molecular weight is 346 g/mol. The van der Waals surface area contributed by atoms with Crippen LogP contribution in [0.25, 0.3) is 11.1 Å². The summed E-state index contributed by atoms with van der Waals surface area (Å²) in [5, 5.41) is 10.8. The second-order valence-corrected chi connectivity index (χ2v) is 6.01. The Morgan fingerprint density at radius 1 is 0.913 bits per heavy atom. The molecule has 1 aromatic heterocycles. The van der Waals surface area contributed by atoms with Crippen LogP contribution in [-0.2, 0) is 6.42 Å². The van der Waals surface area contributed by atoms with E-state index in [2.05, 4.69) is 0 Å². The molecule has 0 unspecified atom stereocenters. The van der Waals surface area contributed by atoms with Crippen molar-refractivity contribution in [2.45, 2.75) is 6.42 Å². The highest BCUT2D eigenvalue weighted by Gasteiger charge is 2.10. The van der Waals surface area contributed by atoms with E-state index in [1.54, 1.807) is 24.3 Å². The van der Waals surface area contributed by atoms with E-state index in [0.29, 0.717) is 32.3 Å². The van der Waals surface area contributed by atoms with Gasteiger partial charge in [0.2, 0.25) is 0 Å². The smallest absolute Gasteiger partial charge is 0.286 e. The molecule has 23 heavy (non-hydrogen) atoms. The first kappa shape index (κ1) is 15.7. The first-order valence-corrected chi connectivity index (χ1v) is 7.74. The number of aromatic nitrogens is 1.